The molecular formula is C12H22Br2O4S. The molecule has 0 aromatic carbocycles. The van der Waals surface area contributed by atoms with Crippen LogP contribution in [0.25, 0.3) is 0 Å². The summed E-state index contributed by atoms with van der Waals surface area (Å²) >= 11 is 6.57. The lowest BCUT2D eigenvalue weighted by molar-refractivity contribution is -0.115. The minimum Gasteiger partial charge on any atom is -0.286 e. The first kappa shape index (κ1) is 19.6. The highest BCUT2D eigenvalue weighted by atomic mass is 79.9. The van der Waals surface area contributed by atoms with Crippen molar-refractivity contribution in [2.24, 2.45) is 0 Å². The molecule has 0 rings (SSSR count). The summed E-state index contributed by atoms with van der Waals surface area (Å²) in [5.41, 5.74) is 0. The number of carbonyl (C=O) groups is 2. The van der Waals surface area contributed by atoms with Crippen LogP contribution in [0.4, 0.5) is 0 Å². The largest absolute Gasteiger partial charge is 0.286 e. The first-order valence-electron chi connectivity index (χ1n) is 6.42. The SMILES string of the molecule is O=C(CCCCCBr)S(O)(O)C(=O)CCCCCBr. The van der Waals surface area contributed by atoms with Gasteiger partial charge in [0.05, 0.1) is 0 Å². The normalized spacial score (nSPS) is 12.4. The van der Waals surface area contributed by atoms with E-state index in [1.165, 1.54) is 0 Å². The molecular weight excluding hydrogens is 400 g/mol. The van der Waals surface area contributed by atoms with E-state index in [0.29, 0.717) is 12.8 Å². The molecule has 2 N–H and O–H groups in total. The fourth-order valence-corrected chi connectivity index (χ4v) is 3.40. The number of carbonyl (C=O) groups excluding carboxylic acids is 2. The zero-order valence-electron chi connectivity index (χ0n) is 10.9. The van der Waals surface area contributed by atoms with Crippen molar-refractivity contribution < 1.29 is 18.7 Å². The second kappa shape index (κ2) is 11.3. The van der Waals surface area contributed by atoms with Crippen LogP contribution in [0.1, 0.15) is 51.4 Å². The van der Waals surface area contributed by atoms with Crippen molar-refractivity contribution in [3.05, 3.63) is 0 Å². The van der Waals surface area contributed by atoms with Gasteiger partial charge in [0.1, 0.15) is 0 Å². The van der Waals surface area contributed by atoms with Crippen LogP contribution in [-0.4, -0.2) is 30.0 Å². The molecule has 0 fully saturated rings. The third-order valence-corrected chi connectivity index (χ3v) is 5.46. The molecule has 0 aromatic rings. The molecule has 0 radical (unpaired) electrons. The minimum absolute atomic E-state index is 0.0719. The summed E-state index contributed by atoms with van der Waals surface area (Å²) < 4.78 is 19.4. The molecule has 19 heavy (non-hydrogen) atoms. The average molecular weight is 422 g/mol. The standard InChI is InChI=1S/C12H22Br2O4S/c13-9-5-1-3-7-11(15)19(17,18)12(16)8-4-2-6-10-14/h17-18H,1-10H2. The van der Waals surface area contributed by atoms with Crippen molar-refractivity contribution in [1.29, 1.82) is 0 Å². The molecule has 0 aromatic heterocycles. The van der Waals surface area contributed by atoms with Gasteiger partial charge in [-0.05, 0) is 25.7 Å². The Balaban J connectivity index is 4.04. The second-order valence-corrected chi connectivity index (χ2v) is 7.89. The van der Waals surface area contributed by atoms with Crippen molar-refractivity contribution >= 4 is 52.7 Å². The summed E-state index contributed by atoms with van der Waals surface area (Å²) in [4.78, 5) is 23.3. The second-order valence-electron chi connectivity index (χ2n) is 4.29. The smallest absolute Gasteiger partial charge is 0.246 e. The van der Waals surface area contributed by atoms with Gasteiger partial charge in [0.15, 0.2) is 0 Å². The van der Waals surface area contributed by atoms with Crippen LogP contribution in [0.15, 0.2) is 0 Å². The Bertz CT molecular complexity index is 259. The van der Waals surface area contributed by atoms with E-state index in [0.717, 1.165) is 36.3 Å². The number of rotatable bonds is 10. The predicted molar refractivity (Wildman–Crippen MR) is 87.4 cm³/mol. The zero-order chi connectivity index (χ0) is 14.7. The first-order chi connectivity index (χ1) is 8.96. The third-order valence-electron chi connectivity index (χ3n) is 2.66. The van der Waals surface area contributed by atoms with Gasteiger partial charge >= 0.3 is 0 Å². The molecule has 0 aliphatic rings. The van der Waals surface area contributed by atoms with E-state index in [2.05, 4.69) is 31.9 Å². The molecule has 4 nitrogen and oxygen atoms in total. The number of alkyl halides is 2. The zero-order valence-corrected chi connectivity index (χ0v) is 14.9. The van der Waals surface area contributed by atoms with Crippen LogP contribution in [0, 0.1) is 0 Å². The highest BCUT2D eigenvalue weighted by Gasteiger charge is 2.30. The molecule has 7 heteroatoms. The van der Waals surface area contributed by atoms with Crippen LogP contribution in [0.5, 0.6) is 0 Å². The summed E-state index contributed by atoms with van der Waals surface area (Å²) in [6.07, 6.45) is 4.89. The first-order valence-corrected chi connectivity index (χ1v) is 10.2. The number of hydrogen-bond acceptors (Lipinski definition) is 4. The Kier molecular flexibility index (Phi) is 11.6. The van der Waals surface area contributed by atoms with Crippen LogP contribution in [-0.2, 0) is 9.59 Å². The third kappa shape index (κ3) is 8.45. The Morgan fingerprint density at radius 2 is 1.11 bits per heavy atom. The number of unbranched alkanes of at least 4 members (excludes halogenated alkanes) is 4. The minimum atomic E-state index is -3.71. The highest BCUT2D eigenvalue weighted by Crippen LogP contribution is 2.43. The molecule has 0 atom stereocenters. The summed E-state index contributed by atoms with van der Waals surface area (Å²) in [6, 6.07) is 0. The van der Waals surface area contributed by atoms with Crippen LogP contribution in [0.2, 0.25) is 0 Å². The molecule has 0 heterocycles. The molecule has 0 saturated carbocycles. The van der Waals surface area contributed by atoms with Gasteiger partial charge < -0.3 is 0 Å². The molecule has 114 valence electrons. The van der Waals surface area contributed by atoms with Gasteiger partial charge in [0.25, 0.3) is 0 Å². The van der Waals surface area contributed by atoms with Crippen LogP contribution >= 0.6 is 42.4 Å². The maximum Gasteiger partial charge on any atom is 0.246 e. The Hall–Kier alpha value is 0.570. The predicted octanol–water partition coefficient (Wildman–Crippen LogP) is 4.70. The Morgan fingerprint density at radius 3 is 1.42 bits per heavy atom. The van der Waals surface area contributed by atoms with Crippen molar-refractivity contribution in [2.75, 3.05) is 10.7 Å². The quantitative estimate of drug-likeness (QED) is 0.396. The van der Waals surface area contributed by atoms with E-state index in [1.54, 1.807) is 0 Å². The summed E-state index contributed by atoms with van der Waals surface area (Å²) in [7, 11) is -3.71. The lowest BCUT2D eigenvalue weighted by atomic mass is 10.2. The topological polar surface area (TPSA) is 74.6 Å². The van der Waals surface area contributed by atoms with Crippen molar-refractivity contribution in [2.45, 2.75) is 51.4 Å². The lowest BCUT2D eigenvalue weighted by Crippen LogP contribution is -2.20. The molecule has 0 unspecified atom stereocenters. The van der Waals surface area contributed by atoms with Gasteiger partial charge in [-0.15, -0.1) is 0 Å². The van der Waals surface area contributed by atoms with Crippen molar-refractivity contribution in [1.82, 2.24) is 0 Å². The van der Waals surface area contributed by atoms with Crippen molar-refractivity contribution in [3.63, 3.8) is 0 Å². The van der Waals surface area contributed by atoms with E-state index in [-0.39, 0.29) is 12.8 Å². The molecule has 0 aliphatic heterocycles. The average Bonchev–Trinajstić information content (AvgIpc) is 2.39. The van der Waals surface area contributed by atoms with E-state index >= 15 is 0 Å². The molecule has 0 saturated heterocycles. The van der Waals surface area contributed by atoms with E-state index in [1.807, 2.05) is 0 Å². The van der Waals surface area contributed by atoms with E-state index in [4.69, 9.17) is 0 Å². The fraction of sp³-hybridized carbons (Fsp3) is 0.833. The van der Waals surface area contributed by atoms with Crippen LogP contribution in [0.3, 0.4) is 0 Å². The molecule has 0 amide bonds. The fourth-order valence-electron chi connectivity index (χ4n) is 1.49. The van der Waals surface area contributed by atoms with Gasteiger partial charge in [0.2, 0.25) is 10.2 Å². The Morgan fingerprint density at radius 1 is 0.737 bits per heavy atom. The lowest BCUT2D eigenvalue weighted by Gasteiger charge is -2.27. The summed E-state index contributed by atoms with van der Waals surface area (Å²) in [6.45, 7) is 0. The molecule has 0 spiro atoms. The van der Waals surface area contributed by atoms with Crippen molar-refractivity contribution in [3.8, 4) is 0 Å². The highest BCUT2D eigenvalue weighted by molar-refractivity contribution is 9.09. The summed E-state index contributed by atoms with van der Waals surface area (Å²) in [5.74, 6) is 0. The molecule has 0 aliphatic carbocycles. The Labute approximate surface area is 133 Å². The van der Waals surface area contributed by atoms with E-state index in [9.17, 15) is 18.7 Å². The van der Waals surface area contributed by atoms with Gasteiger partial charge in [-0.2, -0.15) is 0 Å². The van der Waals surface area contributed by atoms with Gasteiger partial charge in [-0.1, -0.05) is 55.3 Å². The number of hydrogen-bond donors (Lipinski definition) is 2. The van der Waals surface area contributed by atoms with Gasteiger partial charge in [0, 0.05) is 23.5 Å². The maximum atomic E-state index is 11.7. The maximum absolute atomic E-state index is 11.7. The molecule has 0 bridgehead atoms. The van der Waals surface area contributed by atoms with Gasteiger partial charge in [-0.25, -0.2) is 0 Å². The van der Waals surface area contributed by atoms with Gasteiger partial charge in [-0.3, -0.25) is 18.7 Å². The monoisotopic (exact) mass is 420 g/mol. The van der Waals surface area contributed by atoms with E-state index < -0.39 is 20.8 Å². The van der Waals surface area contributed by atoms with Crippen LogP contribution < -0.4 is 0 Å². The number of halogens is 2. The summed E-state index contributed by atoms with van der Waals surface area (Å²) in [5, 5.41) is 0.327.